The Kier molecular flexibility index (Phi) is 3.93. The fourth-order valence-corrected chi connectivity index (χ4v) is 0.902. The average molecular weight is 182 g/mol. The highest BCUT2D eigenvalue weighted by Gasteiger charge is 2.34. The Balaban J connectivity index is 4.69. The maximum absolute atomic E-state index is 11.8. The first kappa shape index (κ1) is 12.0. The smallest absolute Gasteiger partial charge is 0.242 e. The lowest BCUT2D eigenvalue weighted by molar-refractivity contribution is -0.138. The first-order valence-corrected chi connectivity index (χ1v) is 4.57. The highest BCUT2D eigenvalue weighted by Crippen LogP contribution is 2.23. The number of carbonyl (C=O) groups is 1. The number of hydrogen-bond donors (Lipinski definition) is 0. The van der Waals surface area contributed by atoms with Gasteiger partial charge in [0.1, 0.15) is 5.41 Å². The van der Waals surface area contributed by atoms with Crippen LogP contribution in [0, 0.1) is 16.7 Å². The summed E-state index contributed by atoms with van der Waals surface area (Å²) in [5.74, 6) is -0.0903. The van der Waals surface area contributed by atoms with Gasteiger partial charge < -0.3 is 4.90 Å². The summed E-state index contributed by atoms with van der Waals surface area (Å²) in [7, 11) is 1.73. The highest BCUT2D eigenvalue weighted by molar-refractivity contribution is 5.84. The summed E-state index contributed by atoms with van der Waals surface area (Å²) < 4.78 is 0. The minimum Gasteiger partial charge on any atom is -0.342 e. The summed E-state index contributed by atoms with van der Waals surface area (Å²) in [5.41, 5.74) is -0.862. The Bertz CT molecular complexity index is 230. The summed E-state index contributed by atoms with van der Waals surface area (Å²) in [6, 6.07) is 2.22. The van der Waals surface area contributed by atoms with Gasteiger partial charge >= 0.3 is 0 Å². The molecule has 0 spiro atoms. The second kappa shape index (κ2) is 4.27. The van der Waals surface area contributed by atoms with Crippen LogP contribution in [0.1, 0.15) is 34.1 Å². The third kappa shape index (κ3) is 2.45. The highest BCUT2D eigenvalue weighted by atomic mass is 16.2. The normalized spacial score (nSPS) is 14.8. The molecule has 1 amide bonds. The lowest BCUT2D eigenvalue weighted by atomic mass is 9.87. The van der Waals surface area contributed by atoms with Gasteiger partial charge in [-0.25, -0.2) is 0 Å². The lowest BCUT2D eigenvalue weighted by Gasteiger charge is -2.28. The van der Waals surface area contributed by atoms with Crippen molar-refractivity contribution in [1.29, 1.82) is 5.26 Å². The van der Waals surface area contributed by atoms with Gasteiger partial charge in [-0.1, -0.05) is 6.92 Å². The Morgan fingerprint density at radius 2 is 2.08 bits per heavy atom. The Hall–Kier alpha value is -1.04. The van der Waals surface area contributed by atoms with Crippen molar-refractivity contribution in [3.63, 3.8) is 0 Å². The van der Waals surface area contributed by atoms with Crippen LogP contribution in [0.3, 0.4) is 0 Å². The quantitative estimate of drug-likeness (QED) is 0.668. The largest absolute Gasteiger partial charge is 0.342 e. The summed E-state index contributed by atoms with van der Waals surface area (Å²) in [4.78, 5) is 13.4. The van der Waals surface area contributed by atoms with E-state index < -0.39 is 5.41 Å². The number of nitrogens with zero attached hydrogens (tertiary/aromatic N) is 2. The molecule has 0 saturated carbocycles. The molecule has 74 valence electrons. The predicted octanol–water partition coefficient (Wildman–Crippen LogP) is 1.79. The zero-order valence-electron chi connectivity index (χ0n) is 9.09. The maximum atomic E-state index is 11.8. The topological polar surface area (TPSA) is 44.1 Å². The number of carbonyl (C=O) groups excluding carboxylic acids is 1. The van der Waals surface area contributed by atoms with Gasteiger partial charge in [-0.15, -0.1) is 0 Å². The van der Waals surface area contributed by atoms with Crippen molar-refractivity contribution >= 4 is 5.91 Å². The SMILES string of the molecule is CCC(C)(C#N)C(=O)N(C)C(C)C. The van der Waals surface area contributed by atoms with E-state index in [9.17, 15) is 4.79 Å². The molecule has 3 nitrogen and oxygen atoms in total. The van der Waals surface area contributed by atoms with Crippen LogP contribution in [0.4, 0.5) is 0 Å². The van der Waals surface area contributed by atoms with Crippen molar-refractivity contribution in [2.24, 2.45) is 5.41 Å². The van der Waals surface area contributed by atoms with Gasteiger partial charge in [-0.2, -0.15) is 5.26 Å². The molecule has 3 heteroatoms. The van der Waals surface area contributed by atoms with E-state index in [1.165, 1.54) is 0 Å². The predicted molar refractivity (Wildman–Crippen MR) is 51.9 cm³/mol. The van der Waals surface area contributed by atoms with Crippen molar-refractivity contribution in [2.45, 2.75) is 40.2 Å². The molecule has 0 radical (unpaired) electrons. The second-order valence-corrected chi connectivity index (χ2v) is 3.81. The first-order chi connectivity index (χ1) is 5.89. The standard InChI is InChI=1S/C10H18N2O/c1-6-10(4,7-11)9(13)12(5)8(2)3/h8H,6H2,1-5H3. The van der Waals surface area contributed by atoms with E-state index in [1.54, 1.807) is 18.9 Å². The number of nitriles is 1. The van der Waals surface area contributed by atoms with Crippen molar-refractivity contribution < 1.29 is 4.79 Å². The molecule has 13 heavy (non-hydrogen) atoms. The number of hydrogen-bond acceptors (Lipinski definition) is 2. The van der Waals surface area contributed by atoms with Crippen molar-refractivity contribution in [3.8, 4) is 6.07 Å². The van der Waals surface area contributed by atoms with Crippen LogP contribution in [-0.4, -0.2) is 23.9 Å². The van der Waals surface area contributed by atoms with Gasteiger partial charge in [0.15, 0.2) is 0 Å². The van der Waals surface area contributed by atoms with Gasteiger partial charge in [-0.3, -0.25) is 4.79 Å². The minimum atomic E-state index is -0.862. The molecule has 0 rings (SSSR count). The Morgan fingerprint density at radius 3 is 2.31 bits per heavy atom. The van der Waals surface area contributed by atoms with E-state index in [4.69, 9.17) is 5.26 Å². The van der Waals surface area contributed by atoms with Gasteiger partial charge in [0.2, 0.25) is 5.91 Å². The molecule has 0 aromatic heterocycles. The van der Waals surface area contributed by atoms with E-state index in [2.05, 4.69) is 6.07 Å². The third-order valence-electron chi connectivity index (χ3n) is 2.52. The molecule has 0 aliphatic carbocycles. The van der Waals surface area contributed by atoms with E-state index in [-0.39, 0.29) is 11.9 Å². The molecular weight excluding hydrogens is 164 g/mol. The molecule has 0 bridgehead atoms. The Labute approximate surface area is 80.3 Å². The van der Waals surface area contributed by atoms with Crippen LogP contribution in [0.15, 0.2) is 0 Å². The van der Waals surface area contributed by atoms with Crippen molar-refractivity contribution in [3.05, 3.63) is 0 Å². The summed E-state index contributed by atoms with van der Waals surface area (Å²) >= 11 is 0. The van der Waals surface area contributed by atoms with E-state index in [0.29, 0.717) is 6.42 Å². The molecule has 1 atom stereocenters. The molecule has 0 saturated heterocycles. The van der Waals surface area contributed by atoms with Gasteiger partial charge in [0.25, 0.3) is 0 Å². The zero-order valence-corrected chi connectivity index (χ0v) is 9.09. The number of amides is 1. The zero-order chi connectivity index (χ0) is 10.6. The van der Waals surface area contributed by atoms with Gasteiger partial charge in [0, 0.05) is 13.1 Å². The molecular formula is C10H18N2O. The summed E-state index contributed by atoms with van der Waals surface area (Å²) in [6.07, 6.45) is 0.555. The van der Waals surface area contributed by atoms with E-state index >= 15 is 0 Å². The van der Waals surface area contributed by atoms with Crippen LogP contribution in [0.5, 0.6) is 0 Å². The number of rotatable bonds is 3. The molecule has 0 aliphatic heterocycles. The second-order valence-electron chi connectivity index (χ2n) is 3.81. The van der Waals surface area contributed by atoms with Crippen LogP contribution >= 0.6 is 0 Å². The van der Waals surface area contributed by atoms with Crippen LogP contribution in [0.25, 0.3) is 0 Å². The maximum Gasteiger partial charge on any atom is 0.242 e. The minimum absolute atomic E-state index is 0.0903. The first-order valence-electron chi connectivity index (χ1n) is 4.57. The van der Waals surface area contributed by atoms with Gasteiger partial charge in [-0.05, 0) is 27.2 Å². The fourth-order valence-electron chi connectivity index (χ4n) is 0.902. The molecule has 0 fully saturated rings. The summed E-state index contributed by atoms with van der Waals surface area (Å²) in [5, 5.41) is 8.89. The molecule has 1 unspecified atom stereocenters. The lowest BCUT2D eigenvalue weighted by Crippen LogP contribution is -2.42. The van der Waals surface area contributed by atoms with Crippen LogP contribution < -0.4 is 0 Å². The molecule has 0 aromatic rings. The summed E-state index contributed by atoms with van der Waals surface area (Å²) in [6.45, 7) is 7.42. The monoisotopic (exact) mass is 182 g/mol. The third-order valence-corrected chi connectivity index (χ3v) is 2.52. The molecule has 0 heterocycles. The Morgan fingerprint density at radius 1 is 1.62 bits per heavy atom. The van der Waals surface area contributed by atoms with Crippen LogP contribution in [0.2, 0.25) is 0 Å². The molecule has 0 aromatic carbocycles. The fraction of sp³-hybridized carbons (Fsp3) is 0.800. The molecule has 0 N–H and O–H groups in total. The van der Waals surface area contributed by atoms with Crippen molar-refractivity contribution in [1.82, 2.24) is 4.90 Å². The van der Waals surface area contributed by atoms with Crippen molar-refractivity contribution in [2.75, 3.05) is 7.05 Å². The average Bonchev–Trinajstić information content (AvgIpc) is 2.14. The van der Waals surface area contributed by atoms with Crippen LogP contribution in [-0.2, 0) is 4.79 Å². The van der Waals surface area contributed by atoms with Gasteiger partial charge in [0.05, 0.1) is 6.07 Å². The molecule has 0 aliphatic rings. The van der Waals surface area contributed by atoms with E-state index in [1.807, 2.05) is 20.8 Å². The van der Waals surface area contributed by atoms with E-state index in [0.717, 1.165) is 0 Å².